The largest absolute Gasteiger partial charge is 0.495 e. The van der Waals surface area contributed by atoms with Crippen molar-refractivity contribution in [1.29, 1.82) is 0 Å². The highest BCUT2D eigenvalue weighted by Gasteiger charge is 2.11. The van der Waals surface area contributed by atoms with Crippen LogP contribution in [0, 0.1) is 6.92 Å². The molecule has 2 aromatic carbocycles. The van der Waals surface area contributed by atoms with Gasteiger partial charge in [-0.15, -0.1) is 11.8 Å². The fraction of sp³-hybridized carbons (Fsp3) is 0.188. The van der Waals surface area contributed by atoms with Crippen LogP contribution >= 0.6 is 43.6 Å². The molecule has 0 saturated carbocycles. The Bertz CT molecular complexity index is 692. The minimum Gasteiger partial charge on any atom is -0.495 e. The lowest BCUT2D eigenvalue weighted by Crippen LogP contribution is -2.14. The fourth-order valence-corrected chi connectivity index (χ4v) is 3.91. The molecule has 0 aromatic heterocycles. The summed E-state index contributed by atoms with van der Waals surface area (Å²) in [4.78, 5) is 13.2. The molecule has 116 valence electrons. The highest BCUT2D eigenvalue weighted by molar-refractivity contribution is 9.11. The number of ether oxygens (including phenoxy) is 1. The number of anilines is 1. The van der Waals surface area contributed by atoms with Crippen molar-refractivity contribution < 1.29 is 9.53 Å². The van der Waals surface area contributed by atoms with Crippen molar-refractivity contribution >= 4 is 55.2 Å². The van der Waals surface area contributed by atoms with Gasteiger partial charge in [-0.1, -0.05) is 18.2 Å². The second kappa shape index (κ2) is 8.04. The van der Waals surface area contributed by atoms with E-state index in [2.05, 4.69) is 37.2 Å². The maximum absolute atomic E-state index is 12.1. The first-order chi connectivity index (χ1) is 10.5. The van der Waals surface area contributed by atoms with Crippen molar-refractivity contribution in [3.63, 3.8) is 0 Å². The Kier molecular flexibility index (Phi) is 6.35. The van der Waals surface area contributed by atoms with Crippen LogP contribution in [0.4, 0.5) is 5.69 Å². The van der Waals surface area contributed by atoms with Crippen LogP contribution in [-0.4, -0.2) is 18.8 Å². The Labute approximate surface area is 151 Å². The van der Waals surface area contributed by atoms with E-state index in [0.29, 0.717) is 17.2 Å². The number of carbonyl (C=O) groups is 1. The Morgan fingerprint density at radius 3 is 2.64 bits per heavy atom. The molecule has 2 aromatic rings. The maximum Gasteiger partial charge on any atom is 0.234 e. The standard InChI is InChI=1S/C16H15Br2NO2S/c1-10-5-3-4-6-15(10)22-9-16(20)19-13-8-14(21-2)12(18)7-11(13)17/h3-8H,9H2,1-2H3,(H,19,20). The number of hydrogen-bond donors (Lipinski definition) is 1. The quantitative estimate of drug-likeness (QED) is 0.639. The number of rotatable bonds is 5. The highest BCUT2D eigenvalue weighted by atomic mass is 79.9. The molecule has 6 heteroatoms. The van der Waals surface area contributed by atoms with E-state index in [1.54, 1.807) is 13.2 Å². The van der Waals surface area contributed by atoms with Crippen LogP contribution in [0.1, 0.15) is 5.56 Å². The number of benzene rings is 2. The minimum atomic E-state index is -0.0571. The molecular formula is C16H15Br2NO2S. The van der Waals surface area contributed by atoms with Crippen LogP contribution in [0.15, 0.2) is 50.2 Å². The van der Waals surface area contributed by atoms with Crippen molar-refractivity contribution in [2.75, 3.05) is 18.2 Å². The van der Waals surface area contributed by atoms with Crippen molar-refractivity contribution in [3.05, 3.63) is 50.9 Å². The molecule has 0 heterocycles. The second-order valence-electron chi connectivity index (χ2n) is 4.57. The Morgan fingerprint density at radius 2 is 1.95 bits per heavy atom. The molecule has 0 radical (unpaired) electrons. The van der Waals surface area contributed by atoms with Crippen LogP contribution in [0.3, 0.4) is 0 Å². The SMILES string of the molecule is COc1cc(NC(=O)CSc2ccccc2C)c(Br)cc1Br. The minimum absolute atomic E-state index is 0.0571. The lowest BCUT2D eigenvalue weighted by atomic mass is 10.2. The first-order valence-electron chi connectivity index (χ1n) is 6.52. The summed E-state index contributed by atoms with van der Waals surface area (Å²) in [6.07, 6.45) is 0. The van der Waals surface area contributed by atoms with Gasteiger partial charge < -0.3 is 10.1 Å². The molecule has 1 N–H and O–H groups in total. The third-order valence-corrected chi connectivity index (χ3v) is 5.42. The second-order valence-corrected chi connectivity index (χ2v) is 7.29. The molecule has 0 unspecified atom stereocenters. The van der Waals surface area contributed by atoms with E-state index < -0.39 is 0 Å². The molecular weight excluding hydrogens is 430 g/mol. The Balaban J connectivity index is 2.02. The number of aryl methyl sites for hydroxylation is 1. The van der Waals surface area contributed by atoms with Gasteiger partial charge in [0.1, 0.15) is 5.75 Å². The lowest BCUT2D eigenvalue weighted by molar-refractivity contribution is -0.113. The number of hydrogen-bond acceptors (Lipinski definition) is 3. The summed E-state index contributed by atoms with van der Waals surface area (Å²) in [6.45, 7) is 2.04. The fourth-order valence-electron chi connectivity index (χ4n) is 1.83. The van der Waals surface area contributed by atoms with E-state index in [1.165, 1.54) is 17.3 Å². The summed E-state index contributed by atoms with van der Waals surface area (Å²) in [7, 11) is 1.59. The lowest BCUT2D eigenvalue weighted by Gasteiger charge is -2.11. The van der Waals surface area contributed by atoms with Crippen LogP contribution in [0.2, 0.25) is 0 Å². The van der Waals surface area contributed by atoms with E-state index in [0.717, 1.165) is 13.8 Å². The van der Waals surface area contributed by atoms with Crippen molar-refractivity contribution in [3.8, 4) is 5.75 Å². The van der Waals surface area contributed by atoms with Crippen LogP contribution < -0.4 is 10.1 Å². The predicted molar refractivity (Wildman–Crippen MR) is 98.9 cm³/mol. The van der Waals surface area contributed by atoms with E-state index in [1.807, 2.05) is 37.3 Å². The van der Waals surface area contributed by atoms with Crippen LogP contribution in [0.5, 0.6) is 5.75 Å². The first kappa shape index (κ1) is 17.4. The zero-order valence-electron chi connectivity index (χ0n) is 12.2. The number of amides is 1. The number of nitrogens with one attached hydrogen (secondary N) is 1. The first-order valence-corrected chi connectivity index (χ1v) is 9.09. The number of carbonyl (C=O) groups excluding carboxylic acids is 1. The van der Waals surface area contributed by atoms with Gasteiger partial charge in [-0.2, -0.15) is 0 Å². The molecule has 2 rings (SSSR count). The number of methoxy groups -OCH3 is 1. The molecule has 1 amide bonds. The molecule has 0 saturated heterocycles. The number of thioether (sulfide) groups is 1. The van der Waals surface area contributed by atoms with Gasteiger partial charge in [0, 0.05) is 15.4 Å². The smallest absolute Gasteiger partial charge is 0.234 e. The van der Waals surface area contributed by atoms with E-state index in [4.69, 9.17) is 4.74 Å². The molecule has 3 nitrogen and oxygen atoms in total. The van der Waals surface area contributed by atoms with Gasteiger partial charge in [-0.3, -0.25) is 4.79 Å². The van der Waals surface area contributed by atoms with Gasteiger partial charge in [0.15, 0.2) is 0 Å². The van der Waals surface area contributed by atoms with Gasteiger partial charge in [0.25, 0.3) is 0 Å². The highest BCUT2D eigenvalue weighted by Crippen LogP contribution is 2.34. The van der Waals surface area contributed by atoms with Gasteiger partial charge in [0.05, 0.1) is 23.0 Å². The van der Waals surface area contributed by atoms with E-state index in [9.17, 15) is 4.79 Å². The third kappa shape index (κ3) is 4.51. The average Bonchev–Trinajstić information content (AvgIpc) is 2.49. The molecule has 0 atom stereocenters. The number of halogens is 2. The van der Waals surface area contributed by atoms with Gasteiger partial charge in [0.2, 0.25) is 5.91 Å². The van der Waals surface area contributed by atoms with Crippen molar-refractivity contribution in [1.82, 2.24) is 0 Å². The van der Waals surface area contributed by atoms with Crippen molar-refractivity contribution in [2.24, 2.45) is 0 Å². The summed E-state index contributed by atoms with van der Waals surface area (Å²) in [5.74, 6) is 0.971. The molecule has 22 heavy (non-hydrogen) atoms. The molecule has 0 spiro atoms. The molecule has 0 aliphatic carbocycles. The van der Waals surface area contributed by atoms with Crippen molar-refractivity contribution in [2.45, 2.75) is 11.8 Å². The summed E-state index contributed by atoms with van der Waals surface area (Å²) in [6, 6.07) is 11.7. The maximum atomic E-state index is 12.1. The zero-order valence-corrected chi connectivity index (χ0v) is 16.1. The Hall–Kier alpha value is -0.980. The summed E-state index contributed by atoms with van der Waals surface area (Å²) < 4.78 is 6.87. The van der Waals surface area contributed by atoms with E-state index >= 15 is 0 Å². The summed E-state index contributed by atoms with van der Waals surface area (Å²) in [5.41, 5.74) is 1.86. The molecule has 0 fully saturated rings. The molecule has 0 aliphatic heterocycles. The summed E-state index contributed by atoms with van der Waals surface area (Å²) in [5, 5.41) is 2.89. The molecule has 0 bridgehead atoms. The van der Waals surface area contributed by atoms with Crippen LogP contribution in [-0.2, 0) is 4.79 Å². The van der Waals surface area contributed by atoms with Gasteiger partial charge >= 0.3 is 0 Å². The average molecular weight is 445 g/mol. The third-order valence-electron chi connectivity index (χ3n) is 2.97. The molecule has 0 aliphatic rings. The van der Waals surface area contributed by atoms with E-state index in [-0.39, 0.29) is 5.91 Å². The summed E-state index contributed by atoms with van der Waals surface area (Å²) >= 11 is 8.37. The zero-order chi connectivity index (χ0) is 16.1. The normalized spacial score (nSPS) is 10.4. The topological polar surface area (TPSA) is 38.3 Å². The predicted octanol–water partition coefficient (Wildman–Crippen LogP) is 5.26. The monoisotopic (exact) mass is 443 g/mol. The van der Waals surface area contributed by atoms with Crippen LogP contribution in [0.25, 0.3) is 0 Å². The van der Waals surface area contributed by atoms with Gasteiger partial charge in [-0.05, 0) is 56.5 Å². The van der Waals surface area contributed by atoms with Gasteiger partial charge in [-0.25, -0.2) is 0 Å². The Morgan fingerprint density at radius 1 is 1.23 bits per heavy atom.